The summed E-state index contributed by atoms with van der Waals surface area (Å²) in [6, 6.07) is 5.28. The van der Waals surface area contributed by atoms with Crippen LogP contribution in [0.3, 0.4) is 0 Å². The van der Waals surface area contributed by atoms with Crippen molar-refractivity contribution < 1.29 is 14.2 Å². The Balaban J connectivity index is 2.06. The van der Waals surface area contributed by atoms with Gasteiger partial charge in [-0.3, -0.25) is 4.79 Å². The van der Waals surface area contributed by atoms with Gasteiger partial charge in [0.1, 0.15) is 16.8 Å². The van der Waals surface area contributed by atoms with Crippen molar-refractivity contribution in [2.45, 2.75) is 0 Å². The Kier molecular flexibility index (Phi) is 2.73. The highest BCUT2D eigenvalue weighted by atomic mass is 16.6. The van der Waals surface area contributed by atoms with Gasteiger partial charge in [0.15, 0.2) is 5.52 Å². The lowest BCUT2D eigenvalue weighted by molar-refractivity contribution is 0.0600. The molecule has 9 nitrogen and oxygen atoms in total. The third kappa shape index (κ3) is 1.90. The summed E-state index contributed by atoms with van der Waals surface area (Å²) in [4.78, 5) is 23.9. The Morgan fingerprint density at radius 1 is 1.30 bits per heavy atom. The second-order valence-corrected chi connectivity index (χ2v) is 4.79. The van der Waals surface area contributed by atoms with Gasteiger partial charge in [-0.05, 0) is 22.4 Å². The molecule has 2 aromatic rings. The average molecular weight is 311 g/mol. The number of H-pyrrole nitrogens is 1. The van der Waals surface area contributed by atoms with Gasteiger partial charge in [0, 0.05) is 12.4 Å². The lowest BCUT2D eigenvalue weighted by Crippen LogP contribution is -2.11. The predicted octanol–water partition coefficient (Wildman–Crippen LogP) is 0.988. The number of benzene rings is 1. The molecule has 0 saturated carbocycles. The standard InChI is InChI=1S/C14H9N5O4/c1-22-14(21)8-6-19(5-7-11(8)15-16-13(7)20)10-4-2-3-9-12(10)18-23-17-9/h2-6H,1H3,(H,16,20). The summed E-state index contributed by atoms with van der Waals surface area (Å²) in [7, 11) is 1.26. The first-order valence-corrected chi connectivity index (χ1v) is 6.59. The number of carbonyl (C=O) groups excluding carboxylic acids is 1. The monoisotopic (exact) mass is 311 g/mol. The molecule has 0 amide bonds. The Bertz CT molecular complexity index is 1060. The highest BCUT2D eigenvalue weighted by Crippen LogP contribution is 2.25. The first-order chi connectivity index (χ1) is 11.2. The van der Waals surface area contributed by atoms with Crippen LogP contribution < -0.4 is 5.56 Å². The summed E-state index contributed by atoms with van der Waals surface area (Å²) >= 11 is 0. The number of rotatable bonds is 2. The number of ether oxygens (including phenoxy) is 1. The van der Waals surface area contributed by atoms with Crippen LogP contribution in [0.15, 0.2) is 40.0 Å². The van der Waals surface area contributed by atoms with E-state index in [0.29, 0.717) is 16.7 Å². The van der Waals surface area contributed by atoms with E-state index in [-0.39, 0.29) is 16.8 Å². The van der Waals surface area contributed by atoms with Crippen molar-refractivity contribution in [2.75, 3.05) is 7.11 Å². The second-order valence-electron chi connectivity index (χ2n) is 4.79. The number of nitrogens with zero attached hydrogens (tertiary/aromatic N) is 4. The molecule has 2 aliphatic heterocycles. The number of methoxy groups -OCH3 is 1. The minimum absolute atomic E-state index is 0.164. The molecule has 1 aromatic heterocycles. The molecule has 1 aromatic carbocycles. The summed E-state index contributed by atoms with van der Waals surface area (Å²) in [6.45, 7) is 0. The fourth-order valence-electron chi connectivity index (χ4n) is 2.43. The SMILES string of the molecule is COC(=O)c1cn(-c2cccc3nonc23)cc2c(=O)[nH]nc1-2. The van der Waals surface area contributed by atoms with E-state index in [2.05, 4.69) is 20.5 Å². The zero-order valence-electron chi connectivity index (χ0n) is 11.8. The van der Waals surface area contributed by atoms with Gasteiger partial charge in [-0.1, -0.05) is 6.07 Å². The molecule has 0 aliphatic carbocycles. The van der Waals surface area contributed by atoms with Crippen molar-refractivity contribution in [2.24, 2.45) is 0 Å². The Morgan fingerprint density at radius 3 is 3.00 bits per heavy atom. The molecule has 4 rings (SSSR count). The molecule has 0 atom stereocenters. The normalized spacial score (nSPS) is 11.2. The predicted molar refractivity (Wildman–Crippen MR) is 77.5 cm³/mol. The van der Waals surface area contributed by atoms with Crippen molar-refractivity contribution in [1.29, 1.82) is 0 Å². The fourth-order valence-corrected chi connectivity index (χ4v) is 2.43. The first kappa shape index (κ1) is 13.2. The van der Waals surface area contributed by atoms with Crippen molar-refractivity contribution >= 4 is 17.0 Å². The van der Waals surface area contributed by atoms with E-state index >= 15 is 0 Å². The molecule has 114 valence electrons. The number of esters is 1. The third-order valence-corrected chi connectivity index (χ3v) is 3.51. The van der Waals surface area contributed by atoms with E-state index in [9.17, 15) is 9.59 Å². The molecule has 0 spiro atoms. The van der Waals surface area contributed by atoms with E-state index in [1.807, 2.05) is 0 Å². The lowest BCUT2D eigenvalue weighted by Gasteiger charge is -2.11. The molecule has 2 aliphatic rings. The van der Waals surface area contributed by atoms with Gasteiger partial charge >= 0.3 is 5.97 Å². The molecule has 23 heavy (non-hydrogen) atoms. The number of aromatic amines is 1. The van der Waals surface area contributed by atoms with Crippen molar-refractivity contribution in [3.8, 4) is 16.9 Å². The van der Waals surface area contributed by atoms with E-state index in [1.54, 1.807) is 29.0 Å². The first-order valence-electron chi connectivity index (χ1n) is 6.59. The molecule has 0 radical (unpaired) electrons. The molecular formula is C14H9N5O4. The number of pyridine rings is 1. The van der Waals surface area contributed by atoms with E-state index < -0.39 is 11.5 Å². The van der Waals surface area contributed by atoms with Gasteiger partial charge < -0.3 is 9.30 Å². The molecule has 1 N–H and O–H groups in total. The summed E-state index contributed by atoms with van der Waals surface area (Å²) in [5.41, 5.74) is 1.95. The van der Waals surface area contributed by atoms with Crippen LogP contribution in [0.5, 0.6) is 0 Å². The highest BCUT2D eigenvalue weighted by molar-refractivity contribution is 5.96. The van der Waals surface area contributed by atoms with Crippen LogP contribution in [0.1, 0.15) is 10.4 Å². The van der Waals surface area contributed by atoms with Crippen LogP contribution in [-0.4, -0.2) is 38.2 Å². The number of nitrogens with one attached hydrogen (secondary N) is 1. The molecule has 3 heterocycles. The van der Waals surface area contributed by atoms with Gasteiger partial charge in [0.2, 0.25) is 0 Å². The molecule has 0 unspecified atom stereocenters. The van der Waals surface area contributed by atoms with Crippen LogP contribution in [0.4, 0.5) is 0 Å². The van der Waals surface area contributed by atoms with Crippen LogP contribution in [0, 0.1) is 0 Å². The van der Waals surface area contributed by atoms with Gasteiger partial charge in [-0.25, -0.2) is 14.5 Å². The largest absolute Gasteiger partial charge is 0.465 e. The Hall–Kier alpha value is -3.49. The van der Waals surface area contributed by atoms with Gasteiger partial charge in [0.25, 0.3) is 5.56 Å². The van der Waals surface area contributed by atoms with Crippen molar-refractivity contribution in [3.05, 3.63) is 46.5 Å². The van der Waals surface area contributed by atoms with Crippen LogP contribution in [0.2, 0.25) is 0 Å². The summed E-state index contributed by atoms with van der Waals surface area (Å²) in [5.74, 6) is -0.596. The number of fused-ring (bicyclic) bond motifs is 2. The Labute approximate surface area is 127 Å². The van der Waals surface area contributed by atoms with E-state index in [1.165, 1.54) is 13.3 Å². The minimum Gasteiger partial charge on any atom is -0.465 e. The Morgan fingerprint density at radius 2 is 2.17 bits per heavy atom. The number of hydrogen-bond acceptors (Lipinski definition) is 7. The van der Waals surface area contributed by atoms with Gasteiger partial charge in [-0.15, -0.1) is 0 Å². The smallest absolute Gasteiger partial charge is 0.341 e. The zero-order valence-corrected chi connectivity index (χ0v) is 11.8. The van der Waals surface area contributed by atoms with Gasteiger partial charge in [-0.2, -0.15) is 5.10 Å². The van der Waals surface area contributed by atoms with Crippen LogP contribution >= 0.6 is 0 Å². The van der Waals surface area contributed by atoms with Gasteiger partial charge in [0.05, 0.1) is 18.4 Å². The molecule has 0 saturated heterocycles. The maximum Gasteiger partial charge on any atom is 0.341 e. The summed E-state index contributed by atoms with van der Waals surface area (Å²) < 4.78 is 11.1. The van der Waals surface area contributed by atoms with Crippen LogP contribution in [-0.2, 0) is 4.74 Å². The maximum absolute atomic E-state index is 12.0. The molecular weight excluding hydrogens is 302 g/mol. The molecule has 0 bridgehead atoms. The summed E-state index contributed by atoms with van der Waals surface area (Å²) in [6.07, 6.45) is 3.09. The fraction of sp³-hybridized carbons (Fsp3) is 0.0714. The van der Waals surface area contributed by atoms with Crippen molar-refractivity contribution in [3.63, 3.8) is 0 Å². The maximum atomic E-state index is 12.0. The molecule has 9 heteroatoms. The third-order valence-electron chi connectivity index (χ3n) is 3.51. The van der Waals surface area contributed by atoms with Crippen molar-refractivity contribution in [1.82, 2.24) is 25.1 Å². The quantitative estimate of drug-likeness (QED) is 0.549. The zero-order chi connectivity index (χ0) is 16.0. The topological polar surface area (TPSA) is 116 Å². The average Bonchev–Trinajstić information content (AvgIpc) is 3.20. The molecule has 0 fully saturated rings. The number of hydrogen-bond donors (Lipinski definition) is 1. The number of aromatic nitrogens is 5. The minimum atomic E-state index is -0.596. The summed E-state index contributed by atoms with van der Waals surface area (Å²) in [5, 5.41) is 13.8. The van der Waals surface area contributed by atoms with Crippen LogP contribution in [0.25, 0.3) is 28.0 Å². The van der Waals surface area contributed by atoms with E-state index in [0.717, 1.165) is 0 Å². The lowest BCUT2D eigenvalue weighted by atomic mass is 10.1. The highest BCUT2D eigenvalue weighted by Gasteiger charge is 2.23. The number of carbonyl (C=O) groups is 1. The second kappa shape index (κ2) is 4.77. The van der Waals surface area contributed by atoms with E-state index in [4.69, 9.17) is 9.37 Å².